The van der Waals surface area contributed by atoms with Crippen LogP contribution < -0.4 is 4.74 Å². The molecule has 0 saturated heterocycles. The molecule has 0 fully saturated rings. The summed E-state index contributed by atoms with van der Waals surface area (Å²) in [5.74, 6) is -0.554. The van der Waals surface area contributed by atoms with E-state index < -0.39 is 10.9 Å². The molecule has 21 heavy (non-hydrogen) atoms. The summed E-state index contributed by atoms with van der Waals surface area (Å²) in [5.41, 5.74) is 0.296. The van der Waals surface area contributed by atoms with Gasteiger partial charge in [0.2, 0.25) is 5.75 Å². The summed E-state index contributed by atoms with van der Waals surface area (Å²) in [5, 5.41) is 19.6. The summed E-state index contributed by atoms with van der Waals surface area (Å²) < 4.78 is 5.44. The van der Waals surface area contributed by atoms with Crippen LogP contribution in [0.4, 0.5) is 5.69 Å². The lowest BCUT2D eigenvalue weighted by Gasteiger charge is -2.07. The largest absolute Gasteiger partial charge is 0.481 e. The molecule has 0 aliphatic rings. The number of hydrogen-bond acceptors (Lipinski definition) is 4. The molecule has 7 heteroatoms. The quantitative estimate of drug-likeness (QED) is 0.672. The monoisotopic (exact) mass is 307 g/mol. The van der Waals surface area contributed by atoms with Gasteiger partial charge in [0.1, 0.15) is 10.8 Å². The molecule has 0 aliphatic heterocycles. The summed E-state index contributed by atoms with van der Waals surface area (Å²) in [4.78, 5) is 21.0. The minimum Gasteiger partial charge on any atom is -0.481 e. The summed E-state index contributed by atoms with van der Waals surface area (Å²) in [6.45, 7) is 0. The SMILES string of the molecule is O=C(O)Cc1ccc(Oc2cccc(Cl)c2[N+](=O)[O-])cc1. The van der Waals surface area contributed by atoms with Gasteiger partial charge in [-0.3, -0.25) is 14.9 Å². The maximum absolute atomic E-state index is 11.0. The minimum absolute atomic E-state index is 0.0139. The summed E-state index contributed by atoms with van der Waals surface area (Å²) in [6.07, 6.45) is -0.0996. The molecule has 6 nitrogen and oxygen atoms in total. The molecular formula is C14H10ClNO5. The Morgan fingerprint density at radius 1 is 1.24 bits per heavy atom. The molecular weight excluding hydrogens is 298 g/mol. The third kappa shape index (κ3) is 3.70. The molecule has 0 spiro atoms. The van der Waals surface area contributed by atoms with Crippen LogP contribution in [0.1, 0.15) is 5.56 Å². The predicted molar refractivity (Wildman–Crippen MR) is 76.0 cm³/mol. The zero-order valence-electron chi connectivity index (χ0n) is 10.7. The Morgan fingerprint density at radius 3 is 2.48 bits per heavy atom. The number of nitro benzene ring substituents is 1. The van der Waals surface area contributed by atoms with Crippen molar-refractivity contribution >= 4 is 23.3 Å². The van der Waals surface area contributed by atoms with E-state index in [4.69, 9.17) is 21.4 Å². The van der Waals surface area contributed by atoms with E-state index in [1.807, 2.05) is 0 Å². The fourth-order valence-electron chi connectivity index (χ4n) is 1.73. The van der Waals surface area contributed by atoms with Gasteiger partial charge in [-0.05, 0) is 29.8 Å². The maximum atomic E-state index is 11.0. The molecule has 0 bridgehead atoms. The van der Waals surface area contributed by atoms with Gasteiger partial charge in [-0.25, -0.2) is 0 Å². The summed E-state index contributed by atoms with van der Waals surface area (Å²) in [6, 6.07) is 10.6. The average molecular weight is 308 g/mol. The van der Waals surface area contributed by atoms with Crippen molar-refractivity contribution in [3.63, 3.8) is 0 Å². The number of carboxylic acid groups (broad SMARTS) is 1. The number of rotatable bonds is 5. The smallest absolute Gasteiger partial charge is 0.329 e. The number of halogens is 1. The maximum Gasteiger partial charge on any atom is 0.329 e. The Bertz CT molecular complexity index is 684. The van der Waals surface area contributed by atoms with Crippen LogP contribution in [0.5, 0.6) is 11.5 Å². The first-order chi connectivity index (χ1) is 9.97. The number of hydrogen-bond donors (Lipinski definition) is 1. The van der Waals surface area contributed by atoms with Crippen molar-refractivity contribution in [2.75, 3.05) is 0 Å². The molecule has 0 unspecified atom stereocenters. The van der Waals surface area contributed by atoms with Gasteiger partial charge in [0.05, 0.1) is 11.3 Å². The highest BCUT2D eigenvalue weighted by Crippen LogP contribution is 2.36. The molecule has 2 rings (SSSR count). The van der Waals surface area contributed by atoms with Crippen molar-refractivity contribution in [3.05, 3.63) is 63.2 Å². The lowest BCUT2D eigenvalue weighted by molar-refractivity contribution is -0.385. The van der Waals surface area contributed by atoms with E-state index in [1.54, 1.807) is 30.3 Å². The molecule has 2 aromatic rings. The molecule has 0 heterocycles. The van der Waals surface area contributed by atoms with Crippen LogP contribution in [0.3, 0.4) is 0 Å². The van der Waals surface area contributed by atoms with E-state index in [0.29, 0.717) is 11.3 Å². The van der Waals surface area contributed by atoms with Gasteiger partial charge in [-0.2, -0.15) is 0 Å². The molecule has 0 radical (unpaired) electrons. The van der Waals surface area contributed by atoms with Gasteiger partial charge >= 0.3 is 11.7 Å². The van der Waals surface area contributed by atoms with Crippen molar-refractivity contribution in [3.8, 4) is 11.5 Å². The second kappa shape index (κ2) is 6.23. The molecule has 0 saturated carbocycles. The number of carbonyl (C=O) groups is 1. The van der Waals surface area contributed by atoms with Gasteiger partial charge in [-0.15, -0.1) is 0 Å². The van der Waals surface area contributed by atoms with E-state index >= 15 is 0 Å². The number of carboxylic acids is 1. The number of aliphatic carboxylic acids is 1. The highest BCUT2D eigenvalue weighted by molar-refractivity contribution is 6.32. The number of nitro groups is 1. The summed E-state index contributed by atoms with van der Waals surface area (Å²) >= 11 is 5.79. The Labute approximate surface area is 124 Å². The first kappa shape index (κ1) is 14.8. The number of ether oxygens (including phenoxy) is 1. The van der Waals surface area contributed by atoms with Gasteiger partial charge in [0.15, 0.2) is 0 Å². The van der Waals surface area contributed by atoms with Crippen LogP contribution >= 0.6 is 11.6 Å². The first-order valence-corrected chi connectivity index (χ1v) is 6.26. The fourth-order valence-corrected chi connectivity index (χ4v) is 1.97. The Hall–Kier alpha value is -2.60. The van der Waals surface area contributed by atoms with Crippen LogP contribution in [-0.2, 0) is 11.2 Å². The molecule has 1 N–H and O–H groups in total. The van der Waals surface area contributed by atoms with Gasteiger partial charge in [0, 0.05) is 0 Å². The Kier molecular flexibility index (Phi) is 4.39. The van der Waals surface area contributed by atoms with Crippen LogP contribution in [0.2, 0.25) is 5.02 Å². The molecule has 0 atom stereocenters. The molecule has 0 aliphatic carbocycles. The second-order valence-electron chi connectivity index (χ2n) is 4.16. The number of nitrogens with zero attached hydrogens (tertiary/aromatic N) is 1. The molecule has 2 aromatic carbocycles. The van der Waals surface area contributed by atoms with Gasteiger partial charge in [-0.1, -0.05) is 29.8 Å². The first-order valence-electron chi connectivity index (χ1n) is 5.89. The van der Waals surface area contributed by atoms with Crippen molar-refractivity contribution in [1.29, 1.82) is 0 Å². The average Bonchev–Trinajstić information content (AvgIpc) is 2.40. The fraction of sp³-hybridized carbons (Fsp3) is 0.0714. The zero-order chi connectivity index (χ0) is 15.4. The van der Waals surface area contributed by atoms with E-state index in [-0.39, 0.29) is 22.9 Å². The summed E-state index contributed by atoms with van der Waals surface area (Å²) in [7, 11) is 0. The lowest BCUT2D eigenvalue weighted by atomic mass is 10.1. The Morgan fingerprint density at radius 2 is 1.90 bits per heavy atom. The van der Waals surface area contributed by atoms with Crippen molar-refractivity contribution in [2.24, 2.45) is 0 Å². The predicted octanol–water partition coefficient (Wildman–Crippen LogP) is 3.67. The highest BCUT2D eigenvalue weighted by Gasteiger charge is 2.20. The van der Waals surface area contributed by atoms with Crippen molar-refractivity contribution in [1.82, 2.24) is 0 Å². The van der Waals surface area contributed by atoms with E-state index in [2.05, 4.69) is 0 Å². The normalized spacial score (nSPS) is 10.1. The second-order valence-corrected chi connectivity index (χ2v) is 4.57. The van der Waals surface area contributed by atoms with Crippen molar-refractivity contribution in [2.45, 2.75) is 6.42 Å². The van der Waals surface area contributed by atoms with Crippen LogP contribution in [-0.4, -0.2) is 16.0 Å². The lowest BCUT2D eigenvalue weighted by Crippen LogP contribution is -1.99. The topological polar surface area (TPSA) is 89.7 Å². The van der Waals surface area contributed by atoms with Crippen LogP contribution in [0, 0.1) is 10.1 Å². The number of benzene rings is 2. The standard InChI is InChI=1S/C14H10ClNO5/c15-11-2-1-3-12(14(11)16(19)20)21-10-6-4-9(5-7-10)8-13(17)18/h1-7H,8H2,(H,17,18). The molecule has 0 aromatic heterocycles. The molecule has 0 amide bonds. The van der Waals surface area contributed by atoms with Crippen LogP contribution in [0.25, 0.3) is 0 Å². The number of para-hydroxylation sites is 1. The van der Waals surface area contributed by atoms with E-state index in [9.17, 15) is 14.9 Å². The van der Waals surface area contributed by atoms with Crippen LogP contribution in [0.15, 0.2) is 42.5 Å². The van der Waals surface area contributed by atoms with E-state index in [0.717, 1.165) is 0 Å². The van der Waals surface area contributed by atoms with Gasteiger partial charge in [0.25, 0.3) is 0 Å². The van der Waals surface area contributed by atoms with Gasteiger partial charge < -0.3 is 9.84 Å². The highest BCUT2D eigenvalue weighted by atomic mass is 35.5. The third-order valence-electron chi connectivity index (χ3n) is 2.64. The molecule has 108 valence electrons. The van der Waals surface area contributed by atoms with E-state index in [1.165, 1.54) is 12.1 Å². The third-order valence-corrected chi connectivity index (χ3v) is 2.94. The van der Waals surface area contributed by atoms with Crippen molar-refractivity contribution < 1.29 is 19.6 Å². The Balaban J connectivity index is 2.24. The zero-order valence-corrected chi connectivity index (χ0v) is 11.4. The minimum atomic E-state index is -0.936.